The fourth-order valence-electron chi connectivity index (χ4n) is 3.53. The molecule has 1 saturated heterocycles. The van der Waals surface area contributed by atoms with E-state index in [9.17, 15) is 21.6 Å². The molecule has 1 aliphatic heterocycles. The lowest BCUT2D eigenvalue weighted by Gasteiger charge is -2.15. The van der Waals surface area contributed by atoms with Gasteiger partial charge in [-0.1, -0.05) is 30.7 Å². The van der Waals surface area contributed by atoms with Crippen LogP contribution in [0.3, 0.4) is 0 Å². The van der Waals surface area contributed by atoms with Gasteiger partial charge in [0.05, 0.1) is 14.8 Å². The third-order valence-corrected chi connectivity index (χ3v) is 9.14. The molecule has 2 aromatic rings. The molecule has 0 aliphatic carbocycles. The van der Waals surface area contributed by atoms with Crippen LogP contribution in [-0.2, 0) is 31.3 Å². The highest BCUT2D eigenvalue weighted by Crippen LogP contribution is 2.27. The highest BCUT2D eigenvalue weighted by Gasteiger charge is 2.26. The number of carbonyl (C=O) groups excluding carboxylic acids is 1. The molecule has 0 saturated carbocycles. The molecule has 0 bridgehead atoms. The number of halogens is 1. The summed E-state index contributed by atoms with van der Waals surface area (Å²) < 4.78 is 58.9. The maximum atomic E-state index is 12.6. The first-order valence-corrected chi connectivity index (χ1v) is 14.7. The molecule has 9 nitrogen and oxygen atoms in total. The molecule has 0 atom stereocenters. The standard InChI is InChI=1S/C23H30ClN3O6S2/c1-2-12-26-34(29,30)20-9-10-22(21(24)16-20)33-17-23(28)25-13-11-18-5-7-19(8-6-18)35(31,32)27-14-3-4-15-27/h5-10,16,26H,2-4,11-15,17H2,1H3,(H,25,28). The zero-order valence-electron chi connectivity index (χ0n) is 19.5. The van der Waals surface area contributed by atoms with E-state index < -0.39 is 20.0 Å². The van der Waals surface area contributed by atoms with Crippen molar-refractivity contribution >= 4 is 37.6 Å². The predicted molar refractivity (Wildman–Crippen MR) is 134 cm³/mol. The number of nitrogens with zero attached hydrogens (tertiary/aromatic N) is 1. The van der Waals surface area contributed by atoms with E-state index in [1.165, 1.54) is 22.5 Å². The van der Waals surface area contributed by atoms with Crippen molar-refractivity contribution in [2.75, 3.05) is 32.8 Å². The molecule has 12 heteroatoms. The van der Waals surface area contributed by atoms with Gasteiger partial charge in [-0.05, 0) is 61.6 Å². The Morgan fingerprint density at radius 1 is 1.00 bits per heavy atom. The van der Waals surface area contributed by atoms with Crippen molar-refractivity contribution in [3.63, 3.8) is 0 Å². The van der Waals surface area contributed by atoms with Crippen molar-refractivity contribution in [1.82, 2.24) is 14.3 Å². The topological polar surface area (TPSA) is 122 Å². The van der Waals surface area contributed by atoms with E-state index >= 15 is 0 Å². The second-order valence-electron chi connectivity index (χ2n) is 8.13. The quantitative estimate of drug-likeness (QED) is 0.424. The number of ether oxygens (including phenoxy) is 1. The number of carbonyl (C=O) groups is 1. The lowest BCUT2D eigenvalue weighted by Crippen LogP contribution is -2.30. The summed E-state index contributed by atoms with van der Waals surface area (Å²) in [5.74, 6) is -0.165. The van der Waals surface area contributed by atoms with E-state index in [2.05, 4.69) is 10.0 Å². The Morgan fingerprint density at radius 3 is 2.29 bits per heavy atom. The maximum Gasteiger partial charge on any atom is 0.257 e. The minimum absolute atomic E-state index is 0.0204. The second kappa shape index (κ2) is 12.2. The van der Waals surface area contributed by atoms with Crippen molar-refractivity contribution in [3.8, 4) is 5.75 Å². The fraction of sp³-hybridized carbons (Fsp3) is 0.435. The third kappa shape index (κ3) is 7.40. The molecule has 2 N–H and O–H groups in total. The van der Waals surface area contributed by atoms with Crippen molar-refractivity contribution in [1.29, 1.82) is 0 Å². The van der Waals surface area contributed by atoms with Crippen LogP contribution in [-0.4, -0.2) is 59.8 Å². The van der Waals surface area contributed by atoms with Crippen LogP contribution in [0.15, 0.2) is 52.3 Å². The fourth-order valence-corrected chi connectivity index (χ4v) is 6.51. The van der Waals surface area contributed by atoms with Crippen LogP contribution < -0.4 is 14.8 Å². The van der Waals surface area contributed by atoms with Gasteiger partial charge >= 0.3 is 0 Å². The van der Waals surface area contributed by atoms with Crippen LogP contribution in [0.2, 0.25) is 5.02 Å². The van der Waals surface area contributed by atoms with Crippen molar-refractivity contribution in [2.24, 2.45) is 0 Å². The van der Waals surface area contributed by atoms with Crippen LogP contribution in [0.25, 0.3) is 0 Å². The molecule has 0 radical (unpaired) electrons. The lowest BCUT2D eigenvalue weighted by atomic mass is 10.1. The number of amides is 1. The van der Waals surface area contributed by atoms with Crippen LogP contribution in [0, 0.1) is 0 Å². The molecule has 0 aromatic heterocycles. The van der Waals surface area contributed by atoms with Crippen LogP contribution in [0.4, 0.5) is 0 Å². The van der Waals surface area contributed by atoms with E-state index in [0.29, 0.717) is 39.0 Å². The molecule has 1 amide bonds. The highest BCUT2D eigenvalue weighted by atomic mass is 35.5. The zero-order chi connectivity index (χ0) is 25.5. The number of rotatable bonds is 12. The van der Waals surface area contributed by atoms with E-state index in [1.54, 1.807) is 24.3 Å². The first kappa shape index (κ1) is 27.4. The Labute approximate surface area is 211 Å². The number of sulfonamides is 2. The Hall–Kier alpha value is -2.18. The zero-order valence-corrected chi connectivity index (χ0v) is 21.9. The van der Waals surface area contributed by atoms with Crippen molar-refractivity contribution in [2.45, 2.75) is 42.4 Å². The Kier molecular flexibility index (Phi) is 9.54. The van der Waals surface area contributed by atoms with Gasteiger partial charge in [0.25, 0.3) is 5.91 Å². The van der Waals surface area contributed by atoms with Crippen molar-refractivity contribution in [3.05, 3.63) is 53.1 Å². The Bertz CT molecular complexity index is 1230. The van der Waals surface area contributed by atoms with Gasteiger partial charge in [-0.25, -0.2) is 21.6 Å². The molecule has 1 fully saturated rings. The van der Waals surface area contributed by atoms with E-state index in [-0.39, 0.29) is 33.1 Å². The minimum atomic E-state index is -3.65. The first-order chi connectivity index (χ1) is 16.6. The van der Waals surface area contributed by atoms with Gasteiger partial charge in [0, 0.05) is 26.2 Å². The van der Waals surface area contributed by atoms with Gasteiger partial charge < -0.3 is 10.1 Å². The summed E-state index contributed by atoms with van der Waals surface area (Å²) in [5, 5.41) is 2.81. The van der Waals surface area contributed by atoms with E-state index in [1.807, 2.05) is 6.92 Å². The van der Waals surface area contributed by atoms with Gasteiger partial charge in [0.15, 0.2) is 6.61 Å². The largest absolute Gasteiger partial charge is 0.482 e. The Morgan fingerprint density at radius 2 is 1.66 bits per heavy atom. The monoisotopic (exact) mass is 543 g/mol. The van der Waals surface area contributed by atoms with Gasteiger partial charge in [0.1, 0.15) is 5.75 Å². The molecule has 35 heavy (non-hydrogen) atoms. The van der Waals surface area contributed by atoms with Crippen LogP contribution in [0.5, 0.6) is 5.75 Å². The summed E-state index contributed by atoms with van der Waals surface area (Å²) in [6.45, 7) is 3.35. The van der Waals surface area contributed by atoms with Gasteiger partial charge in [-0.2, -0.15) is 4.31 Å². The normalized spacial score (nSPS) is 14.7. The second-order valence-corrected chi connectivity index (χ2v) is 12.2. The van der Waals surface area contributed by atoms with E-state index in [0.717, 1.165) is 18.4 Å². The molecular formula is C23H30ClN3O6S2. The summed E-state index contributed by atoms with van der Waals surface area (Å²) in [7, 11) is -7.09. The predicted octanol–water partition coefficient (Wildman–Crippen LogP) is 2.55. The molecular weight excluding hydrogens is 514 g/mol. The molecule has 1 aliphatic rings. The molecule has 0 unspecified atom stereocenters. The Balaban J connectivity index is 1.45. The average molecular weight is 544 g/mol. The van der Waals surface area contributed by atoms with Gasteiger partial charge in [-0.3, -0.25) is 4.79 Å². The minimum Gasteiger partial charge on any atom is -0.482 e. The number of hydrogen-bond acceptors (Lipinski definition) is 6. The number of nitrogens with one attached hydrogen (secondary N) is 2. The van der Waals surface area contributed by atoms with Crippen molar-refractivity contribution < 1.29 is 26.4 Å². The molecule has 0 spiro atoms. The van der Waals surface area contributed by atoms with E-state index in [4.69, 9.17) is 16.3 Å². The summed E-state index contributed by atoms with van der Waals surface area (Å²) >= 11 is 6.13. The first-order valence-electron chi connectivity index (χ1n) is 11.4. The van der Waals surface area contributed by atoms with Gasteiger partial charge in [0.2, 0.25) is 20.0 Å². The number of benzene rings is 2. The highest BCUT2D eigenvalue weighted by molar-refractivity contribution is 7.89. The maximum absolute atomic E-state index is 12.6. The smallest absolute Gasteiger partial charge is 0.257 e. The number of hydrogen-bond donors (Lipinski definition) is 2. The summed E-state index contributed by atoms with van der Waals surface area (Å²) in [5.41, 5.74) is 0.892. The third-order valence-electron chi connectivity index (χ3n) is 5.48. The SMILES string of the molecule is CCCNS(=O)(=O)c1ccc(OCC(=O)NCCc2ccc(S(=O)(=O)N3CCCC3)cc2)c(Cl)c1. The van der Waals surface area contributed by atoms with Crippen LogP contribution >= 0.6 is 11.6 Å². The molecule has 3 rings (SSSR count). The summed E-state index contributed by atoms with van der Waals surface area (Å²) in [6.07, 6.45) is 2.95. The molecule has 192 valence electrons. The lowest BCUT2D eigenvalue weighted by molar-refractivity contribution is -0.123. The molecule has 2 aromatic carbocycles. The molecule has 1 heterocycles. The summed E-state index contributed by atoms with van der Waals surface area (Å²) in [6, 6.07) is 10.7. The average Bonchev–Trinajstić information content (AvgIpc) is 3.38. The van der Waals surface area contributed by atoms with Crippen LogP contribution in [0.1, 0.15) is 31.7 Å². The summed E-state index contributed by atoms with van der Waals surface area (Å²) in [4.78, 5) is 12.4. The van der Waals surface area contributed by atoms with Gasteiger partial charge in [-0.15, -0.1) is 0 Å².